The molecule has 140 valence electrons. The van der Waals surface area contributed by atoms with E-state index in [4.69, 9.17) is 10.3 Å². The smallest absolute Gasteiger partial charge is 0.146 e. The van der Waals surface area contributed by atoms with E-state index in [1.165, 1.54) is 49.8 Å². The van der Waals surface area contributed by atoms with E-state index in [1.807, 2.05) is 0 Å². The lowest BCUT2D eigenvalue weighted by molar-refractivity contribution is 0.382. The fraction of sp³-hybridized carbons (Fsp3) is 0.571. The largest absolute Gasteiger partial charge is 0.383 e. The van der Waals surface area contributed by atoms with Gasteiger partial charge < -0.3 is 14.8 Å². The minimum Gasteiger partial charge on any atom is -0.383 e. The maximum Gasteiger partial charge on any atom is 0.146 e. The van der Waals surface area contributed by atoms with E-state index in [-0.39, 0.29) is 0 Å². The lowest BCUT2D eigenvalue weighted by atomic mass is 9.94. The number of hydrogen-bond acceptors (Lipinski definition) is 5. The zero-order valence-corrected chi connectivity index (χ0v) is 15.7. The molecule has 3 aliphatic carbocycles. The van der Waals surface area contributed by atoms with Crippen molar-refractivity contribution in [2.24, 2.45) is 0 Å². The topological polar surface area (TPSA) is 82.8 Å². The summed E-state index contributed by atoms with van der Waals surface area (Å²) in [5, 5.41) is 5.58. The number of nitrogen functional groups attached to an aromatic ring is 1. The van der Waals surface area contributed by atoms with Crippen LogP contribution in [-0.2, 0) is 6.42 Å². The van der Waals surface area contributed by atoms with Crippen molar-refractivity contribution in [2.75, 3.05) is 5.73 Å². The lowest BCUT2D eigenvalue weighted by Crippen LogP contribution is -2.10. The Balaban J connectivity index is 1.69. The maximum atomic E-state index is 6.39. The van der Waals surface area contributed by atoms with Crippen LogP contribution in [0.25, 0.3) is 22.3 Å². The predicted octanol–water partition coefficient (Wildman–Crippen LogP) is 4.71. The van der Waals surface area contributed by atoms with Crippen LogP contribution in [0.3, 0.4) is 0 Å². The minimum absolute atomic E-state index is 0.451. The molecule has 3 aliphatic rings. The van der Waals surface area contributed by atoms with Gasteiger partial charge in [0.2, 0.25) is 0 Å². The summed E-state index contributed by atoms with van der Waals surface area (Å²) in [4.78, 5) is 9.01. The summed E-state index contributed by atoms with van der Waals surface area (Å²) in [6.45, 7) is 2.32. The van der Waals surface area contributed by atoms with E-state index < -0.39 is 0 Å². The first-order chi connectivity index (χ1) is 13.2. The highest BCUT2D eigenvalue weighted by atomic mass is 16.5. The van der Waals surface area contributed by atoms with Crippen molar-refractivity contribution in [1.82, 2.24) is 19.7 Å². The second-order valence-electron chi connectivity index (χ2n) is 8.61. The maximum absolute atomic E-state index is 6.39. The molecule has 2 saturated carbocycles. The summed E-state index contributed by atoms with van der Waals surface area (Å²) in [5.41, 5.74) is 12.2. The zero-order valence-electron chi connectivity index (χ0n) is 15.7. The van der Waals surface area contributed by atoms with Crippen LogP contribution in [0, 0.1) is 0 Å². The number of rotatable bonds is 2. The molecule has 0 aromatic carbocycles. The lowest BCUT2D eigenvalue weighted by Gasteiger charge is -2.17. The van der Waals surface area contributed by atoms with Crippen LogP contribution in [0.1, 0.15) is 86.8 Å². The molecule has 6 nitrogen and oxygen atoms in total. The van der Waals surface area contributed by atoms with Crippen LogP contribution in [0.4, 0.5) is 5.82 Å². The first-order valence-corrected chi connectivity index (χ1v) is 10.4. The molecule has 1 atom stereocenters. The third-order valence-corrected chi connectivity index (χ3v) is 6.85. The van der Waals surface area contributed by atoms with Gasteiger partial charge in [0.15, 0.2) is 0 Å². The van der Waals surface area contributed by atoms with Gasteiger partial charge in [0.25, 0.3) is 0 Å². The van der Waals surface area contributed by atoms with Crippen LogP contribution in [0.15, 0.2) is 10.9 Å². The summed E-state index contributed by atoms with van der Waals surface area (Å²) in [7, 11) is 0. The number of fused-ring (bicyclic) bond motifs is 5. The van der Waals surface area contributed by atoms with E-state index >= 15 is 0 Å². The Morgan fingerprint density at radius 1 is 1.11 bits per heavy atom. The summed E-state index contributed by atoms with van der Waals surface area (Å²) >= 11 is 0. The second-order valence-corrected chi connectivity index (χ2v) is 8.61. The fourth-order valence-electron chi connectivity index (χ4n) is 5.36. The highest BCUT2D eigenvalue weighted by Gasteiger charge is 2.38. The molecule has 0 spiro atoms. The molecule has 6 rings (SSSR count). The summed E-state index contributed by atoms with van der Waals surface area (Å²) < 4.78 is 8.38. The Hall–Kier alpha value is -2.37. The molecular weight excluding hydrogens is 338 g/mol. The van der Waals surface area contributed by atoms with Gasteiger partial charge in [-0.15, -0.1) is 0 Å². The van der Waals surface area contributed by atoms with Crippen LogP contribution in [0.5, 0.6) is 0 Å². The fourth-order valence-corrected chi connectivity index (χ4v) is 5.36. The van der Waals surface area contributed by atoms with Crippen LogP contribution in [-0.4, -0.2) is 19.7 Å². The van der Waals surface area contributed by atoms with Crippen molar-refractivity contribution in [2.45, 2.75) is 76.2 Å². The van der Waals surface area contributed by atoms with Crippen molar-refractivity contribution in [3.05, 3.63) is 23.3 Å². The molecule has 6 heteroatoms. The molecule has 2 fully saturated rings. The van der Waals surface area contributed by atoms with Crippen molar-refractivity contribution >= 4 is 16.9 Å². The first-order valence-electron chi connectivity index (χ1n) is 10.4. The molecule has 2 N–H and O–H groups in total. The minimum atomic E-state index is 0.451. The first kappa shape index (κ1) is 15.7. The van der Waals surface area contributed by atoms with Gasteiger partial charge >= 0.3 is 0 Å². The molecule has 0 unspecified atom stereocenters. The Kier molecular flexibility index (Phi) is 3.23. The summed E-state index contributed by atoms with van der Waals surface area (Å²) in [5.74, 6) is 2.68. The third kappa shape index (κ3) is 2.15. The standard InChI is InChI=1S/C21H25N5O/c1-11-6-9-14-16(18-15(11)19(27-25-18)12-7-8-12)17-20(22)23-10-24-21(17)26(14)13-4-2-3-5-13/h10-13H,2-9H2,1H3,(H2,22,23,24)/t11-/m0/s1. The van der Waals surface area contributed by atoms with Gasteiger partial charge in [-0.3, -0.25) is 0 Å². The summed E-state index contributed by atoms with van der Waals surface area (Å²) in [6.07, 6.45) is 11.2. The molecule has 0 amide bonds. The van der Waals surface area contributed by atoms with Crippen molar-refractivity contribution < 1.29 is 4.52 Å². The van der Waals surface area contributed by atoms with E-state index in [0.29, 0.717) is 23.7 Å². The average molecular weight is 363 g/mol. The molecule has 0 saturated heterocycles. The Morgan fingerprint density at radius 2 is 1.93 bits per heavy atom. The van der Waals surface area contributed by atoms with E-state index in [1.54, 1.807) is 6.33 Å². The van der Waals surface area contributed by atoms with Crippen LogP contribution >= 0.6 is 0 Å². The normalized spacial score (nSPS) is 22.8. The molecule has 0 radical (unpaired) electrons. The molecule has 3 aromatic heterocycles. The van der Waals surface area contributed by atoms with Gasteiger partial charge in [0.05, 0.1) is 5.39 Å². The number of nitrogens with zero attached hydrogens (tertiary/aromatic N) is 4. The molecule has 27 heavy (non-hydrogen) atoms. The Morgan fingerprint density at radius 3 is 2.70 bits per heavy atom. The SMILES string of the molecule is C[C@H]1CCc2c(c3c(N)ncnc3n2C2CCCC2)-c2noc(C3CC3)c21. The van der Waals surface area contributed by atoms with Gasteiger partial charge in [-0.2, -0.15) is 0 Å². The van der Waals surface area contributed by atoms with Gasteiger partial charge in [0.1, 0.15) is 29.2 Å². The number of anilines is 1. The van der Waals surface area contributed by atoms with E-state index in [2.05, 4.69) is 26.6 Å². The third-order valence-electron chi connectivity index (χ3n) is 6.85. The molecular formula is C21H25N5O. The zero-order chi connectivity index (χ0) is 18.1. The van der Waals surface area contributed by atoms with E-state index in [9.17, 15) is 0 Å². The number of hydrogen-bond donors (Lipinski definition) is 1. The van der Waals surface area contributed by atoms with Gasteiger partial charge in [-0.1, -0.05) is 24.9 Å². The van der Waals surface area contributed by atoms with Gasteiger partial charge in [0, 0.05) is 28.8 Å². The molecule has 3 aromatic rings. The van der Waals surface area contributed by atoms with Gasteiger partial charge in [-0.05, 0) is 44.4 Å². The second kappa shape index (κ2) is 5.57. The quantitative estimate of drug-likeness (QED) is 0.713. The average Bonchev–Trinajstić information content (AvgIpc) is 3.11. The summed E-state index contributed by atoms with van der Waals surface area (Å²) in [6, 6.07) is 0.511. The van der Waals surface area contributed by atoms with E-state index in [0.717, 1.165) is 40.9 Å². The van der Waals surface area contributed by atoms with Crippen LogP contribution < -0.4 is 5.73 Å². The Labute approximate surface area is 158 Å². The highest BCUT2D eigenvalue weighted by molar-refractivity contribution is 6.02. The predicted molar refractivity (Wildman–Crippen MR) is 104 cm³/mol. The monoisotopic (exact) mass is 363 g/mol. The van der Waals surface area contributed by atoms with Crippen molar-refractivity contribution in [3.63, 3.8) is 0 Å². The van der Waals surface area contributed by atoms with Crippen molar-refractivity contribution in [3.8, 4) is 11.3 Å². The number of nitrogens with two attached hydrogens (primary N) is 1. The molecule has 0 bridgehead atoms. The van der Waals surface area contributed by atoms with Gasteiger partial charge in [-0.25, -0.2) is 9.97 Å². The molecule has 3 heterocycles. The Bertz CT molecular complexity index is 1040. The van der Waals surface area contributed by atoms with Crippen LogP contribution in [0.2, 0.25) is 0 Å². The number of aromatic nitrogens is 4. The van der Waals surface area contributed by atoms with Crippen molar-refractivity contribution in [1.29, 1.82) is 0 Å². The molecule has 0 aliphatic heterocycles. The highest BCUT2D eigenvalue weighted by Crippen LogP contribution is 2.51.